The molecule has 2 heterocycles. The highest BCUT2D eigenvalue weighted by Gasteiger charge is 2.38. The molecule has 0 spiro atoms. The molecule has 4 rings (SSSR count). The van der Waals surface area contributed by atoms with Gasteiger partial charge in [-0.25, -0.2) is 0 Å². The van der Waals surface area contributed by atoms with Crippen LogP contribution in [0.25, 0.3) is 0 Å². The van der Waals surface area contributed by atoms with Gasteiger partial charge in [0.2, 0.25) is 0 Å². The van der Waals surface area contributed by atoms with E-state index in [2.05, 4.69) is 24.0 Å². The van der Waals surface area contributed by atoms with E-state index in [1.165, 1.54) is 11.1 Å². The van der Waals surface area contributed by atoms with E-state index in [0.29, 0.717) is 0 Å². The summed E-state index contributed by atoms with van der Waals surface area (Å²) in [5.74, 6) is 1.20. The molecule has 2 atom stereocenters. The fourth-order valence-corrected chi connectivity index (χ4v) is 4.29. The van der Waals surface area contributed by atoms with Crippen LogP contribution in [0.1, 0.15) is 36.8 Å². The summed E-state index contributed by atoms with van der Waals surface area (Å²) < 4.78 is 6.00. The topological polar surface area (TPSA) is 52.9 Å². The van der Waals surface area contributed by atoms with Crippen molar-refractivity contribution in [3.8, 4) is 11.5 Å². The van der Waals surface area contributed by atoms with Gasteiger partial charge in [0.25, 0.3) is 0 Å². The van der Waals surface area contributed by atoms with Gasteiger partial charge in [-0.2, -0.15) is 0 Å². The second kappa shape index (κ2) is 6.93. The van der Waals surface area contributed by atoms with Gasteiger partial charge < -0.3 is 14.9 Å². The molecule has 2 aromatic rings. The van der Waals surface area contributed by atoms with E-state index in [9.17, 15) is 10.2 Å². The molecule has 2 aliphatic rings. The molecule has 0 amide bonds. The van der Waals surface area contributed by atoms with Crippen LogP contribution in [0.4, 0.5) is 0 Å². The molecule has 0 bridgehead atoms. The van der Waals surface area contributed by atoms with E-state index < -0.39 is 5.60 Å². The van der Waals surface area contributed by atoms with Crippen molar-refractivity contribution in [2.24, 2.45) is 0 Å². The van der Waals surface area contributed by atoms with Crippen LogP contribution in [0.5, 0.6) is 11.5 Å². The third kappa shape index (κ3) is 3.44. The summed E-state index contributed by atoms with van der Waals surface area (Å²) in [4.78, 5) is 2.39. The van der Waals surface area contributed by atoms with Crippen LogP contribution in [-0.4, -0.2) is 46.5 Å². The number of benzene rings is 2. The van der Waals surface area contributed by atoms with Gasteiger partial charge >= 0.3 is 0 Å². The fourth-order valence-electron chi connectivity index (χ4n) is 4.29. The molecular weight excluding hydrogens is 326 g/mol. The Morgan fingerprint density at radius 3 is 2.62 bits per heavy atom. The Balaban J connectivity index is 1.33. The van der Waals surface area contributed by atoms with Gasteiger partial charge in [0.1, 0.15) is 17.6 Å². The molecule has 2 unspecified atom stereocenters. The van der Waals surface area contributed by atoms with E-state index in [-0.39, 0.29) is 17.8 Å². The average molecular weight is 353 g/mol. The third-order valence-corrected chi connectivity index (χ3v) is 6.08. The zero-order chi connectivity index (χ0) is 18.1. The van der Waals surface area contributed by atoms with Gasteiger partial charge in [-0.1, -0.05) is 43.3 Å². The van der Waals surface area contributed by atoms with Crippen LogP contribution in [0.2, 0.25) is 0 Å². The number of phenolic OH excluding ortho intramolecular Hbond substituents is 1. The third-order valence-electron chi connectivity index (χ3n) is 6.08. The first-order chi connectivity index (χ1) is 12.5. The van der Waals surface area contributed by atoms with Crippen LogP contribution in [-0.2, 0) is 6.42 Å². The van der Waals surface area contributed by atoms with Crippen molar-refractivity contribution < 1.29 is 14.9 Å². The molecule has 0 radical (unpaired) electrons. The fraction of sp³-hybridized carbons (Fsp3) is 0.455. The first kappa shape index (κ1) is 17.4. The van der Waals surface area contributed by atoms with E-state index in [1.54, 1.807) is 12.1 Å². The predicted molar refractivity (Wildman–Crippen MR) is 102 cm³/mol. The van der Waals surface area contributed by atoms with Crippen LogP contribution in [0.15, 0.2) is 48.5 Å². The predicted octanol–water partition coefficient (Wildman–Crippen LogP) is 3.33. The highest BCUT2D eigenvalue weighted by molar-refractivity contribution is 5.43. The van der Waals surface area contributed by atoms with Crippen molar-refractivity contribution in [2.75, 3.05) is 19.6 Å². The standard InChI is InChI=1S/C22H27NO3/c1-16(17-5-3-2-4-6-17)22(25)9-11-23(12-10-22)15-20-13-18-7-8-19(24)14-21(18)26-20/h2-8,14,16,20,24-25H,9-13,15H2,1H3. The lowest BCUT2D eigenvalue weighted by atomic mass is 9.77. The molecule has 4 heteroatoms. The number of ether oxygens (including phenoxy) is 1. The van der Waals surface area contributed by atoms with E-state index in [0.717, 1.165) is 44.6 Å². The average Bonchev–Trinajstić information content (AvgIpc) is 3.05. The second-order valence-electron chi connectivity index (χ2n) is 7.77. The number of nitrogens with zero attached hydrogens (tertiary/aromatic N) is 1. The molecule has 2 aromatic carbocycles. The van der Waals surface area contributed by atoms with Gasteiger partial charge in [-0.05, 0) is 30.0 Å². The number of piperidine rings is 1. The quantitative estimate of drug-likeness (QED) is 0.885. The molecule has 4 nitrogen and oxygen atoms in total. The first-order valence-corrected chi connectivity index (χ1v) is 9.52. The number of fused-ring (bicyclic) bond motifs is 1. The lowest BCUT2D eigenvalue weighted by molar-refractivity contribution is -0.0436. The Morgan fingerprint density at radius 1 is 1.15 bits per heavy atom. The zero-order valence-corrected chi connectivity index (χ0v) is 15.3. The largest absolute Gasteiger partial charge is 0.508 e. The lowest BCUT2D eigenvalue weighted by Gasteiger charge is -2.42. The van der Waals surface area contributed by atoms with Crippen LogP contribution in [0, 0.1) is 0 Å². The maximum atomic E-state index is 11.2. The number of phenols is 1. The molecule has 1 saturated heterocycles. The van der Waals surface area contributed by atoms with Crippen molar-refractivity contribution in [1.82, 2.24) is 4.90 Å². The Morgan fingerprint density at radius 2 is 1.88 bits per heavy atom. The summed E-state index contributed by atoms with van der Waals surface area (Å²) in [6.45, 7) is 4.77. The van der Waals surface area contributed by atoms with Crippen molar-refractivity contribution in [3.05, 3.63) is 59.7 Å². The van der Waals surface area contributed by atoms with Gasteiger partial charge in [-0.15, -0.1) is 0 Å². The Bertz CT molecular complexity index is 753. The summed E-state index contributed by atoms with van der Waals surface area (Å²) in [5.41, 5.74) is 1.74. The molecule has 2 aliphatic heterocycles. The van der Waals surface area contributed by atoms with Crippen molar-refractivity contribution >= 4 is 0 Å². The van der Waals surface area contributed by atoms with Gasteiger partial charge in [0.05, 0.1) is 5.60 Å². The SMILES string of the molecule is CC(c1ccccc1)C1(O)CCN(CC2Cc3ccc(O)cc3O2)CC1. The molecule has 0 saturated carbocycles. The molecule has 2 N–H and O–H groups in total. The highest BCUT2D eigenvalue weighted by atomic mass is 16.5. The molecule has 0 aliphatic carbocycles. The minimum Gasteiger partial charge on any atom is -0.508 e. The lowest BCUT2D eigenvalue weighted by Crippen LogP contribution is -2.49. The summed E-state index contributed by atoms with van der Waals surface area (Å²) in [5, 5.41) is 20.7. The maximum absolute atomic E-state index is 11.2. The smallest absolute Gasteiger partial charge is 0.126 e. The number of likely N-dealkylation sites (tertiary alicyclic amines) is 1. The molecule has 26 heavy (non-hydrogen) atoms. The number of rotatable bonds is 4. The maximum Gasteiger partial charge on any atom is 0.126 e. The van der Waals surface area contributed by atoms with E-state index >= 15 is 0 Å². The van der Waals surface area contributed by atoms with Crippen molar-refractivity contribution in [3.63, 3.8) is 0 Å². The van der Waals surface area contributed by atoms with Crippen LogP contribution < -0.4 is 4.74 Å². The highest BCUT2D eigenvalue weighted by Crippen LogP contribution is 2.37. The molecular formula is C22H27NO3. The summed E-state index contributed by atoms with van der Waals surface area (Å²) >= 11 is 0. The number of hydrogen-bond donors (Lipinski definition) is 2. The van der Waals surface area contributed by atoms with Gasteiger partial charge in [0.15, 0.2) is 0 Å². The van der Waals surface area contributed by atoms with E-state index in [4.69, 9.17) is 4.74 Å². The number of hydrogen-bond acceptors (Lipinski definition) is 4. The summed E-state index contributed by atoms with van der Waals surface area (Å²) in [6, 6.07) is 15.7. The van der Waals surface area contributed by atoms with Crippen LogP contribution in [0.3, 0.4) is 0 Å². The van der Waals surface area contributed by atoms with Crippen molar-refractivity contribution in [2.45, 2.75) is 43.8 Å². The molecule has 1 fully saturated rings. The summed E-state index contributed by atoms with van der Waals surface area (Å²) in [7, 11) is 0. The second-order valence-corrected chi connectivity index (χ2v) is 7.77. The minimum atomic E-state index is -0.636. The zero-order valence-electron chi connectivity index (χ0n) is 15.3. The van der Waals surface area contributed by atoms with Crippen LogP contribution >= 0.6 is 0 Å². The summed E-state index contributed by atoms with van der Waals surface area (Å²) in [6.07, 6.45) is 2.58. The number of aliphatic hydroxyl groups is 1. The van der Waals surface area contributed by atoms with Gasteiger partial charge in [0, 0.05) is 38.0 Å². The monoisotopic (exact) mass is 353 g/mol. The van der Waals surface area contributed by atoms with Crippen molar-refractivity contribution in [1.29, 1.82) is 0 Å². The number of aromatic hydroxyl groups is 1. The Hall–Kier alpha value is -2.04. The first-order valence-electron chi connectivity index (χ1n) is 9.52. The van der Waals surface area contributed by atoms with Gasteiger partial charge in [-0.3, -0.25) is 4.90 Å². The Labute approximate surface area is 155 Å². The minimum absolute atomic E-state index is 0.129. The molecule has 0 aromatic heterocycles. The molecule has 138 valence electrons. The normalized spacial score (nSPS) is 23.2. The Kier molecular flexibility index (Phi) is 4.63. The van der Waals surface area contributed by atoms with E-state index in [1.807, 2.05) is 24.3 Å².